The number of carboxylic acid groups (broad SMARTS) is 1. The van der Waals surface area contributed by atoms with Gasteiger partial charge in [-0.3, -0.25) is 10.0 Å². The molecule has 1 aliphatic carbocycles. The van der Waals surface area contributed by atoms with Crippen LogP contribution in [0.4, 0.5) is 0 Å². The lowest BCUT2D eigenvalue weighted by Gasteiger charge is -2.21. The van der Waals surface area contributed by atoms with Crippen molar-refractivity contribution >= 4 is 12.2 Å². The summed E-state index contributed by atoms with van der Waals surface area (Å²) in [6, 6.07) is 0. The largest absolute Gasteiger partial charge is 0.478 e. The highest BCUT2D eigenvalue weighted by Crippen LogP contribution is 2.33. The molecule has 1 saturated carbocycles. The minimum absolute atomic E-state index is 0.272. The average molecular weight is 274 g/mol. The molecule has 0 radical (unpaired) electrons. The monoisotopic (exact) mass is 274 g/mol. The van der Waals surface area contributed by atoms with Crippen molar-refractivity contribution < 1.29 is 9.90 Å². The second kappa shape index (κ2) is 5.48. The van der Waals surface area contributed by atoms with Crippen molar-refractivity contribution in [1.29, 1.82) is 0 Å². The van der Waals surface area contributed by atoms with Crippen LogP contribution in [0.15, 0.2) is 23.5 Å². The van der Waals surface area contributed by atoms with Crippen LogP contribution in [0.25, 0.3) is 0 Å². The Morgan fingerprint density at radius 1 is 1.30 bits per heavy atom. The van der Waals surface area contributed by atoms with Crippen molar-refractivity contribution in [3.63, 3.8) is 0 Å². The first kappa shape index (κ1) is 12.9. The fourth-order valence-electron chi connectivity index (χ4n) is 2.86. The predicted molar refractivity (Wildman–Crippen MR) is 75.7 cm³/mol. The van der Waals surface area contributed by atoms with Crippen LogP contribution in [0.3, 0.4) is 0 Å². The highest BCUT2D eigenvalue weighted by atomic mass is 16.4. The summed E-state index contributed by atoms with van der Waals surface area (Å²) in [6.45, 7) is 0.460. The van der Waals surface area contributed by atoms with Gasteiger partial charge in [0.2, 0.25) is 0 Å². The van der Waals surface area contributed by atoms with Gasteiger partial charge < -0.3 is 5.11 Å². The van der Waals surface area contributed by atoms with E-state index in [2.05, 4.69) is 10.1 Å². The third kappa shape index (κ3) is 2.45. The van der Waals surface area contributed by atoms with E-state index in [0.29, 0.717) is 12.2 Å². The smallest absolute Gasteiger partial charge is 0.339 e. The van der Waals surface area contributed by atoms with Gasteiger partial charge in [-0.2, -0.15) is 9.89 Å². The SMILES string of the molecule is O=C(O)c1cn(N2C=CC=NC2)nc1C1CCCCC1. The van der Waals surface area contributed by atoms with Gasteiger partial charge >= 0.3 is 5.97 Å². The Labute approximate surface area is 117 Å². The Bertz CT molecular complexity index is 556. The number of hydrogen-bond acceptors (Lipinski definition) is 4. The van der Waals surface area contributed by atoms with Crippen molar-refractivity contribution in [2.24, 2.45) is 4.99 Å². The van der Waals surface area contributed by atoms with Gasteiger partial charge in [0, 0.05) is 18.3 Å². The van der Waals surface area contributed by atoms with E-state index >= 15 is 0 Å². The number of hydrogen-bond donors (Lipinski definition) is 1. The molecular weight excluding hydrogens is 256 g/mol. The standard InChI is InChI=1S/C14H18N4O2/c19-14(20)12-9-18(17-8-4-7-15-10-17)16-13(12)11-5-2-1-3-6-11/h4,7-9,11H,1-3,5-6,10H2,(H,19,20). The molecule has 106 valence electrons. The maximum atomic E-state index is 11.4. The molecule has 2 aliphatic rings. The lowest BCUT2D eigenvalue weighted by atomic mass is 9.85. The van der Waals surface area contributed by atoms with Gasteiger partial charge in [0.15, 0.2) is 0 Å². The molecule has 1 aromatic rings. The van der Waals surface area contributed by atoms with Crippen LogP contribution in [0.2, 0.25) is 0 Å². The summed E-state index contributed by atoms with van der Waals surface area (Å²) in [7, 11) is 0. The van der Waals surface area contributed by atoms with Crippen molar-refractivity contribution in [2.45, 2.75) is 38.0 Å². The fourth-order valence-corrected chi connectivity index (χ4v) is 2.86. The van der Waals surface area contributed by atoms with Crippen LogP contribution in [-0.2, 0) is 0 Å². The van der Waals surface area contributed by atoms with Crippen molar-refractivity contribution in [3.05, 3.63) is 29.7 Å². The first-order chi connectivity index (χ1) is 9.75. The number of nitrogens with zero attached hydrogens (tertiary/aromatic N) is 4. The van der Waals surface area contributed by atoms with E-state index in [0.717, 1.165) is 31.4 Å². The number of aliphatic imine (C=N–C) groups is 1. The molecule has 0 spiro atoms. The van der Waals surface area contributed by atoms with E-state index in [1.165, 1.54) is 6.42 Å². The molecule has 1 fully saturated rings. The van der Waals surface area contributed by atoms with Crippen LogP contribution in [0.1, 0.15) is 54.1 Å². The van der Waals surface area contributed by atoms with Crippen LogP contribution < -0.4 is 5.01 Å². The number of carbonyl (C=O) groups is 1. The summed E-state index contributed by atoms with van der Waals surface area (Å²) in [4.78, 5) is 17.2. The quantitative estimate of drug-likeness (QED) is 0.916. The zero-order valence-electron chi connectivity index (χ0n) is 11.3. The minimum atomic E-state index is -0.902. The molecule has 6 nitrogen and oxygen atoms in total. The van der Waals surface area contributed by atoms with Crippen LogP contribution >= 0.6 is 0 Å². The highest BCUT2D eigenvalue weighted by molar-refractivity contribution is 5.88. The maximum absolute atomic E-state index is 11.4. The molecule has 1 aromatic heterocycles. The second-order valence-electron chi connectivity index (χ2n) is 5.24. The number of carboxylic acids is 1. The van der Waals surface area contributed by atoms with Crippen molar-refractivity contribution in [1.82, 2.24) is 9.89 Å². The Morgan fingerprint density at radius 2 is 2.10 bits per heavy atom. The molecule has 0 unspecified atom stereocenters. The Kier molecular flexibility index (Phi) is 3.54. The third-order valence-corrected chi connectivity index (χ3v) is 3.89. The Hall–Kier alpha value is -2.11. The number of aromatic nitrogens is 2. The third-order valence-electron chi connectivity index (χ3n) is 3.89. The van der Waals surface area contributed by atoms with Gasteiger partial charge in [-0.05, 0) is 18.9 Å². The molecule has 0 aromatic carbocycles. The first-order valence-electron chi connectivity index (χ1n) is 7.02. The molecule has 0 atom stereocenters. The summed E-state index contributed by atoms with van der Waals surface area (Å²) in [5.41, 5.74) is 1.04. The predicted octanol–water partition coefficient (Wildman–Crippen LogP) is 2.12. The second-order valence-corrected chi connectivity index (χ2v) is 5.24. The van der Waals surface area contributed by atoms with Gasteiger partial charge in [0.05, 0.1) is 11.9 Å². The summed E-state index contributed by atoms with van der Waals surface area (Å²) >= 11 is 0. The molecular formula is C14H18N4O2. The molecule has 2 heterocycles. The Balaban J connectivity index is 1.91. The van der Waals surface area contributed by atoms with Gasteiger partial charge in [0.1, 0.15) is 12.2 Å². The van der Waals surface area contributed by atoms with Gasteiger partial charge in [-0.25, -0.2) is 4.79 Å². The van der Waals surface area contributed by atoms with E-state index in [9.17, 15) is 9.90 Å². The molecule has 1 N–H and O–H groups in total. The molecule has 0 saturated heterocycles. The molecule has 20 heavy (non-hydrogen) atoms. The lowest BCUT2D eigenvalue weighted by molar-refractivity contribution is 0.0694. The molecule has 0 bridgehead atoms. The summed E-state index contributed by atoms with van der Waals surface area (Å²) < 4.78 is 0. The minimum Gasteiger partial charge on any atom is -0.478 e. The molecule has 1 aliphatic heterocycles. The van der Waals surface area contributed by atoms with Crippen LogP contribution in [0, 0.1) is 0 Å². The Morgan fingerprint density at radius 3 is 2.75 bits per heavy atom. The zero-order chi connectivity index (χ0) is 13.9. The topological polar surface area (TPSA) is 70.7 Å². The molecule has 6 heteroatoms. The zero-order valence-corrected chi connectivity index (χ0v) is 11.3. The van der Waals surface area contributed by atoms with Gasteiger partial charge in [0.25, 0.3) is 0 Å². The van der Waals surface area contributed by atoms with Gasteiger partial charge in [-0.15, -0.1) is 0 Å². The van der Waals surface area contributed by atoms with Crippen LogP contribution in [-0.4, -0.2) is 33.8 Å². The summed E-state index contributed by atoms with van der Waals surface area (Å²) in [6.07, 6.45) is 12.6. The highest BCUT2D eigenvalue weighted by Gasteiger charge is 2.26. The first-order valence-corrected chi connectivity index (χ1v) is 7.02. The fraction of sp³-hybridized carbons (Fsp3) is 0.500. The van der Waals surface area contributed by atoms with E-state index in [1.54, 1.807) is 22.2 Å². The summed E-state index contributed by atoms with van der Waals surface area (Å²) in [5, 5.41) is 15.7. The van der Waals surface area contributed by atoms with E-state index in [1.807, 2.05) is 12.3 Å². The molecule has 0 amide bonds. The summed E-state index contributed by atoms with van der Waals surface area (Å²) in [5.74, 6) is -0.630. The number of rotatable bonds is 3. The molecule has 3 rings (SSSR count). The van der Waals surface area contributed by atoms with Crippen LogP contribution in [0.5, 0.6) is 0 Å². The van der Waals surface area contributed by atoms with E-state index in [-0.39, 0.29) is 5.92 Å². The van der Waals surface area contributed by atoms with E-state index in [4.69, 9.17) is 0 Å². The van der Waals surface area contributed by atoms with Gasteiger partial charge in [-0.1, -0.05) is 19.3 Å². The normalized spacial score (nSPS) is 19.5. The van der Waals surface area contributed by atoms with Crippen molar-refractivity contribution in [3.8, 4) is 0 Å². The maximum Gasteiger partial charge on any atom is 0.339 e. The number of aromatic carboxylic acids is 1. The lowest BCUT2D eigenvalue weighted by Crippen LogP contribution is -2.31. The van der Waals surface area contributed by atoms with E-state index < -0.39 is 5.97 Å². The van der Waals surface area contributed by atoms with Crippen molar-refractivity contribution in [2.75, 3.05) is 11.7 Å². The number of allylic oxidation sites excluding steroid dienone is 1. The average Bonchev–Trinajstić information content (AvgIpc) is 2.94.